The number of nitrogens with zero attached hydrogens (tertiary/aromatic N) is 3. The van der Waals surface area contributed by atoms with Crippen molar-refractivity contribution in [3.8, 4) is 0 Å². The molecule has 8 nitrogen and oxygen atoms in total. The van der Waals surface area contributed by atoms with E-state index < -0.39 is 11.5 Å². The number of rotatable bonds is 4. The van der Waals surface area contributed by atoms with Crippen LogP contribution in [-0.4, -0.2) is 46.0 Å². The van der Waals surface area contributed by atoms with Crippen LogP contribution in [0.5, 0.6) is 0 Å². The molecule has 0 bridgehead atoms. The Morgan fingerprint density at radius 2 is 1.96 bits per heavy atom. The predicted octanol–water partition coefficient (Wildman–Crippen LogP) is 1.98. The van der Waals surface area contributed by atoms with Crippen molar-refractivity contribution in [2.75, 3.05) is 19.7 Å². The van der Waals surface area contributed by atoms with Gasteiger partial charge in [-0.25, -0.2) is 9.78 Å². The molecule has 0 spiro atoms. The smallest absolute Gasteiger partial charge is 0.342 e. The molecule has 0 aromatic carbocycles. The molecule has 0 radical (unpaired) electrons. The van der Waals surface area contributed by atoms with E-state index in [2.05, 4.69) is 18.8 Å². The fourth-order valence-corrected chi connectivity index (χ4v) is 3.81. The fourth-order valence-electron chi connectivity index (χ4n) is 3.81. The number of piperidine rings is 1. The van der Waals surface area contributed by atoms with Crippen molar-refractivity contribution in [2.24, 2.45) is 11.8 Å². The third-order valence-electron chi connectivity index (χ3n) is 4.86. The minimum atomic E-state index is -0.629. The van der Waals surface area contributed by atoms with Crippen LogP contribution in [-0.2, 0) is 16.1 Å². The van der Waals surface area contributed by atoms with Gasteiger partial charge in [0.2, 0.25) is 11.6 Å². The van der Waals surface area contributed by atoms with E-state index >= 15 is 0 Å². The van der Waals surface area contributed by atoms with Crippen LogP contribution in [0.25, 0.3) is 11.1 Å². The van der Waals surface area contributed by atoms with E-state index in [1.807, 2.05) is 0 Å². The highest BCUT2D eigenvalue weighted by molar-refractivity contribution is 6.03. The van der Waals surface area contributed by atoms with Gasteiger partial charge in [0.1, 0.15) is 29.6 Å². The minimum Gasteiger partial charge on any atom is -0.462 e. The Hall–Kier alpha value is -2.64. The van der Waals surface area contributed by atoms with E-state index in [0.29, 0.717) is 24.9 Å². The summed E-state index contributed by atoms with van der Waals surface area (Å²) < 4.78 is 11.7. The summed E-state index contributed by atoms with van der Waals surface area (Å²) in [4.78, 5) is 43.7. The molecule has 27 heavy (non-hydrogen) atoms. The van der Waals surface area contributed by atoms with E-state index in [9.17, 15) is 14.4 Å². The summed E-state index contributed by atoms with van der Waals surface area (Å²) in [6.07, 6.45) is 2.38. The Kier molecular flexibility index (Phi) is 5.34. The zero-order valence-electron chi connectivity index (χ0n) is 16.2. The SMILES string of the molecule is CCOC(=O)c1c(C)oc2ncn(CC(=O)N3CC(C)CC(C)C3)c(=O)c12. The summed E-state index contributed by atoms with van der Waals surface area (Å²) in [6, 6.07) is 0. The summed E-state index contributed by atoms with van der Waals surface area (Å²) in [6.45, 7) is 8.95. The van der Waals surface area contributed by atoms with Crippen LogP contribution in [0, 0.1) is 18.8 Å². The molecule has 0 aliphatic carbocycles. The van der Waals surface area contributed by atoms with Crippen LogP contribution in [0.3, 0.4) is 0 Å². The topological polar surface area (TPSA) is 94.6 Å². The van der Waals surface area contributed by atoms with Gasteiger partial charge in [0, 0.05) is 13.1 Å². The second-order valence-corrected chi connectivity index (χ2v) is 7.36. The van der Waals surface area contributed by atoms with Gasteiger partial charge in [0.25, 0.3) is 5.56 Å². The van der Waals surface area contributed by atoms with E-state index in [1.165, 1.54) is 10.9 Å². The number of likely N-dealkylation sites (tertiary alicyclic amines) is 1. The molecule has 8 heteroatoms. The molecule has 146 valence electrons. The van der Waals surface area contributed by atoms with Gasteiger partial charge in [-0.15, -0.1) is 0 Å². The first-order valence-electron chi connectivity index (χ1n) is 9.25. The summed E-state index contributed by atoms with van der Waals surface area (Å²) in [5, 5.41) is 0.0571. The van der Waals surface area contributed by atoms with Gasteiger partial charge in [-0.1, -0.05) is 13.8 Å². The highest BCUT2D eigenvalue weighted by Gasteiger charge is 2.27. The molecule has 2 unspecified atom stereocenters. The molecule has 1 saturated heterocycles. The Morgan fingerprint density at radius 3 is 2.59 bits per heavy atom. The van der Waals surface area contributed by atoms with Crippen LogP contribution in [0.1, 0.15) is 43.3 Å². The third-order valence-corrected chi connectivity index (χ3v) is 4.86. The van der Waals surface area contributed by atoms with Crippen molar-refractivity contribution < 1.29 is 18.7 Å². The number of aryl methyl sites for hydroxylation is 1. The highest BCUT2D eigenvalue weighted by Crippen LogP contribution is 2.23. The lowest BCUT2D eigenvalue weighted by Gasteiger charge is -2.35. The monoisotopic (exact) mass is 375 g/mol. The van der Waals surface area contributed by atoms with E-state index in [4.69, 9.17) is 9.15 Å². The fraction of sp³-hybridized carbons (Fsp3) is 0.579. The number of aromatic nitrogens is 2. The van der Waals surface area contributed by atoms with Crippen molar-refractivity contribution in [3.63, 3.8) is 0 Å². The van der Waals surface area contributed by atoms with Crippen molar-refractivity contribution in [2.45, 2.75) is 40.7 Å². The number of furan rings is 1. The number of hydrogen-bond acceptors (Lipinski definition) is 6. The molecule has 0 saturated carbocycles. The van der Waals surface area contributed by atoms with E-state index in [-0.39, 0.29) is 41.5 Å². The van der Waals surface area contributed by atoms with E-state index in [0.717, 1.165) is 6.42 Å². The Labute approximate surface area is 157 Å². The second-order valence-electron chi connectivity index (χ2n) is 7.36. The molecule has 2 aromatic heterocycles. The molecule has 3 heterocycles. The zero-order valence-corrected chi connectivity index (χ0v) is 16.2. The van der Waals surface area contributed by atoms with Crippen molar-refractivity contribution in [1.29, 1.82) is 0 Å². The summed E-state index contributed by atoms with van der Waals surface area (Å²) >= 11 is 0. The van der Waals surface area contributed by atoms with Crippen molar-refractivity contribution in [1.82, 2.24) is 14.5 Å². The summed E-state index contributed by atoms with van der Waals surface area (Å²) in [5.74, 6) is 0.379. The lowest BCUT2D eigenvalue weighted by molar-refractivity contribution is -0.134. The quantitative estimate of drug-likeness (QED) is 0.759. The van der Waals surface area contributed by atoms with Gasteiger partial charge in [-0.2, -0.15) is 0 Å². The first-order chi connectivity index (χ1) is 12.8. The number of carbonyl (C=O) groups excluding carboxylic acids is 2. The van der Waals surface area contributed by atoms with Gasteiger partial charge in [-0.3, -0.25) is 14.2 Å². The second kappa shape index (κ2) is 7.54. The largest absolute Gasteiger partial charge is 0.462 e. The van der Waals surface area contributed by atoms with Gasteiger partial charge < -0.3 is 14.1 Å². The van der Waals surface area contributed by atoms with Crippen molar-refractivity contribution >= 4 is 23.0 Å². The summed E-state index contributed by atoms with van der Waals surface area (Å²) in [7, 11) is 0. The number of esters is 1. The number of ether oxygens (including phenoxy) is 1. The molecule has 2 aromatic rings. The average Bonchev–Trinajstić information content (AvgIpc) is 2.93. The Balaban J connectivity index is 1.93. The maximum Gasteiger partial charge on any atom is 0.342 e. The minimum absolute atomic E-state index is 0.0571. The number of hydrogen-bond donors (Lipinski definition) is 0. The third kappa shape index (κ3) is 3.74. The molecule has 1 amide bonds. The van der Waals surface area contributed by atoms with Crippen molar-refractivity contribution in [3.05, 3.63) is 28.0 Å². The first kappa shape index (κ1) is 19.1. The molecular formula is C19H25N3O5. The number of carbonyl (C=O) groups is 2. The molecule has 2 atom stereocenters. The van der Waals surface area contributed by atoms with Crippen LogP contribution in [0.15, 0.2) is 15.5 Å². The van der Waals surface area contributed by atoms with E-state index in [1.54, 1.807) is 18.7 Å². The van der Waals surface area contributed by atoms with Gasteiger partial charge in [0.15, 0.2) is 0 Å². The van der Waals surface area contributed by atoms with Crippen LogP contribution in [0.2, 0.25) is 0 Å². The standard InChI is InChI=1S/C19H25N3O5/c1-5-26-19(25)15-13(4)27-17-16(15)18(24)22(10-20-17)9-14(23)21-7-11(2)6-12(3)8-21/h10-12H,5-9H2,1-4H3. The predicted molar refractivity (Wildman–Crippen MR) is 98.5 cm³/mol. The van der Waals surface area contributed by atoms with Gasteiger partial charge in [-0.05, 0) is 32.1 Å². The molecular weight excluding hydrogens is 350 g/mol. The van der Waals surface area contributed by atoms with Crippen LogP contribution >= 0.6 is 0 Å². The summed E-state index contributed by atoms with van der Waals surface area (Å²) in [5.41, 5.74) is -0.331. The highest BCUT2D eigenvalue weighted by atomic mass is 16.5. The maximum atomic E-state index is 12.9. The average molecular weight is 375 g/mol. The molecule has 0 N–H and O–H groups in total. The molecule has 3 rings (SSSR count). The zero-order chi connectivity index (χ0) is 19.7. The molecule has 1 aliphatic rings. The van der Waals surface area contributed by atoms with Gasteiger partial charge >= 0.3 is 5.97 Å². The number of amides is 1. The lowest BCUT2D eigenvalue weighted by Crippen LogP contribution is -2.44. The molecule has 1 fully saturated rings. The van der Waals surface area contributed by atoms with Crippen LogP contribution < -0.4 is 5.56 Å². The first-order valence-corrected chi connectivity index (χ1v) is 9.25. The molecule has 1 aliphatic heterocycles. The van der Waals surface area contributed by atoms with Gasteiger partial charge in [0.05, 0.1) is 6.61 Å². The lowest BCUT2D eigenvalue weighted by atomic mass is 9.92. The Bertz CT molecular complexity index is 919. The maximum absolute atomic E-state index is 12.9. The Morgan fingerprint density at radius 1 is 1.30 bits per heavy atom. The normalized spacial score (nSPS) is 20.1. The number of fused-ring (bicyclic) bond motifs is 1. The van der Waals surface area contributed by atoms with Crippen LogP contribution in [0.4, 0.5) is 0 Å².